The number of allylic oxidation sites excluding steroid dienone is 1. The van der Waals surface area contributed by atoms with Gasteiger partial charge in [-0.3, -0.25) is 4.79 Å². The average molecular weight is 953 g/mol. The zero-order valence-electron chi connectivity index (χ0n) is 44.2. The summed E-state index contributed by atoms with van der Waals surface area (Å²) in [7, 11) is 0. The molecule has 0 spiro atoms. The molecule has 2 unspecified atom stereocenters. The van der Waals surface area contributed by atoms with Gasteiger partial charge in [0.05, 0.1) is 25.4 Å². The van der Waals surface area contributed by atoms with E-state index in [1.807, 2.05) is 6.08 Å². The smallest absolute Gasteiger partial charge is 0.220 e. The van der Waals surface area contributed by atoms with Crippen molar-refractivity contribution in [3.8, 4) is 0 Å². The fourth-order valence-corrected chi connectivity index (χ4v) is 9.69. The first-order valence-corrected chi connectivity index (χ1v) is 29.4. The number of carbonyl (C=O) groups excluding carboxylic acids is 1. The van der Waals surface area contributed by atoms with Crippen molar-refractivity contribution in [2.75, 3.05) is 13.2 Å². The highest BCUT2D eigenvalue weighted by molar-refractivity contribution is 5.76. The van der Waals surface area contributed by atoms with E-state index in [9.17, 15) is 30.3 Å². The van der Waals surface area contributed by atoms with Crippen LogP contribution in [0.4, 0.5) is 0 Å². The molecule has 1 aliphatic rings. The molecule has 0 radical (unpaired) electrons. The number of hydrogen-bond acceptors (Lipinski definition) is 8. The summed E-state index contributed by atoms with van der Waals surface area (Å²) >= 11 is 0. The van der Waals surface area contributed by atoms with Crippen molar-refractivity contribution in [3.63, 3.8) is 0 Å². The van der Waals surface area contributed by atoms with Crippen LogP contribution in [0.5, 0.6) is 0 Å². The van der Waals surface area contributed by atoms with Gasteiger partial charge in [0, 0.05) is 6.42 Å². The molecule has 1 heterocycles. The summed E-state index contributed by atoms with van der Waals surface area (Å²) in [5.41, 5.74) is 0. The topological polar surface area (TPSA) is 149 Å². The van der Waals surface area contributed by atoms with Crippen molar-refractivity contribution in [2.24, 2.45) is 0 Å². The van der Waals surface area contributed by atoms with Crippen molar-refractivity contribution in [1.82, 2.24) is 5.32 Å². The van der Waals surface area contributed by atoms with Crippen molar-refractivity contribution < 1.29 is 39.8 Å². The normalized spacial score (nSPS) is 19.7. The molecule has 6 N–H and O–H groups in total. The number of aliphatic hydroxyl groups is 5. The molecular weight excluding hydrogens is 839 g/mol. The summed E-state index contributed by atoms with van der Waals surface area (Å²) in [6.07, 6.45) is 52.9. The Labute approximate surface area is 414 Å². The third kappa shape index (κ3) is 38.3. The van der Waals surface area contributed by atoms with E-state index >= 15 is 0 Å². The van der Waals surface area contributed by atoms with Gasteiger partial charge in [-0.05, 0) is 19.3 Å². The zero-order valence-corrected chi connectivity index (χ0v) is 44.2. The fraction of sp³-hybridized carbons (Fsp3) is 0.948. The predicted molar refractivity (Wildman–Crippen MR) is 281 cm³/mol. The summed E-state index contributed by atoms with van der Waals surface area (Å²) in [5, 5.41) is 54.4. The van der Waals surface area contributed by atoms with Crippen molar-refractivity contribution in [2.45, 2.75) is 339 Å². The van der Waals surface area contributed by atoms with Crippen LogP contribution in [0.2, 0.25) is 0 Å². The van der Waals surface area contributed by atoms with E-state index in [2.05, 4.69) is 19.2 Å². The summed E-state index contributed by atoms with van der Waals surface area (Å²) in [6, 6.07) is -0.799. The van der Waals surface area contributed by atoms with Crippen LogP contribution >= 0.6 is 0 Å². The van der Waals surface area contributed by atoms with Crippen LogP contribution in [0.3, 0.4) is 0 Å². The molecule has 0 saturated carbocycles. The molecule has 1 rings (SSSR count). The van der Waals surface area contributed by atoms with E-state index in [4.69, 9.17) is 9.47 Å². The Morgan fingerprint density at radius 1 is 0.493 bits per heavy atom. The van der Waals surface area contributed by atoms with Crippen LogP contribution in [-0.2, 0) is 14.3 Å². The molecular formula is C58H113NO8. The molecule has 9 heteroatoms. The molecule has 0 aromatic heterocycles. The first kappa shape index (κ1) is 63.9. The number of rotatable bonds is 51. The van der Waals surface area contributed by atoms with Gasteiger partial charge in [-0.15, -0.1) is 0 Å². The van der Waals surface area contributed by atoms with Gasteiger partial charge in [-0.2, -0.15) is 0 Å². The second-order valence-corrected chi connectivity index (χ2v) is 20.8. The standard InChI is InChI=1S/C58H113NO8/c1-3-5-7-9-11-13-15-17-19-20-21-22-23-24-25-26-27-28-29-30-31-32-33-34-36-38-40-42-44-46-48-54(62)59-51(50-66-58-57(65)56(64)55(63)53(49-60)67-58)52(61)47-45-43-41-39-37-35-18-16-14-12-10-8-6-4-2/h45,47,51-53,55-58,60-61,63-65H,3-44,46,48-50H2,1-2H3,(H,59,62)/b47-45+/t51-,52+,53+,55+,56?,57?,58+/m0/s1. The van der Waals surface area contributed by atoms with Gasteiger partial charge in [0.1, 0.15) is 24.4 Å². The second kappa shape index (κ2) is 48.6. The average Bonchev–Trinajstić information content (AvgIpc) is 3.33. The maximum Gasteiger partial charge on any atom is 0.220 e. The quantitative estimate of drug-likeness (QED) is 0.0261. The van der Waals surface area contributed by atoms with Crippen LogP contribution in [0.25, 0.3) is 0 Å². The first-order chi connectivity index (χ1) is 32.8. The van der Waals surface area contributed by atoms with E-state index in [0.29, 0.717) is 6.42 Å². The predicted octanol–water partition coefficient (Wildman–Crippen LogP) is 14.4. The van der Waals surface area contributed by atoms with Gasteiger partial charge < -0.3 is 40.3 Å². The minimum absolute atomic E-state index is 0.170. The zero-order chi connectivity index (χ0) is 48.7. The van der Waals surface area contributed by atoms with E-state index in [1.54, 1.807) is 6.08 Å². The number of hydrogen-bond donors (Lipinski definition) is 6. The summed E-state index contributed by atoms with van der Waals surface area (Å²) in [6.45, 7) is 3.81. The van der Waals surface area contributed by atoms with E-state index in [0.717, 1.165) is 38.5 Å². The summed E-state index contributed by atoms with van der Waals surface area (Å²) < 4.78 is 11.3. The van der Waals surface area contributed by atoms with Gasteiger partial charge >= 0.3 is 0 Å². The van der Waals surface area contributed by atoms with Crippen LogP contribution in [0.15, 0.2) is 12.2 Å². The Kier molecular flexibility index (Phi) is 46.3. The highest BCUT2D eigenvalue weighted by Gasteiger charge is 2.44. The molecule has 0 aromatic rings. The third-order valence-corrected chi connectivity index (χ3v) is 14.4. The second-order valence-electron chi connectivity index (χ2n) is 20.8. The van der Waals surface area contributed by atoms with Gasteiger partial charge in [-0.25, -0.2) is 0 Å². The van der Waals surface area contributed by atoms with Crippen LogP contribution in [0, 0.1) is 0 Å². The number of nitrogens with one attached hydrogen (secondary N) is 1. The molecule has 9 nitrogen and oxygen atoms in total. The van der Waals surface area contributed by atoms with Gasteiger partial charge in [0.15, 0.2) is 6.29 Å². The Hall–Kier alpha value is -1.07. The van der Waals surface area contributed by atoms with Crippen LogP contribution < -0.4 is 5.32 Å². The van der Waals surface area contributed by atoms with Gasteiger partial charge in [0.2, 0.25) is 5.91 Å². The molecule has 67 heavy (non-hydrogen) atoms. The van der Waals surface area contributed by atoms with Crippen molar-refractivity contribution in [3.05, 3.63) is 12.2 Å². The summed E-state index contributed by atoms with van der Waals surface area (Å²) in [5.74, 6) is -0.170. The molecule has 1 aliphatic heterocycles. The van der Waals surface area contributed by atoms with E-state index in [1.165, 1.54) is 238 Å². The van der Waals surface area contributed by atoms with Gasteiger partial charge in [-0.1, -0.05) is 283 Å². The molecule has 398 valence electrons. The fourth-order valence-electron chi connectivity index (χ4n) is 9.69. The molecule has 1 fully saturated rings. The molecule has 1 amide bonds. The largest absolute Gasteiger partial charge is 0.394 e. The number of carbonyl (C=O) groups is 1. The lowest BCUT2D eigenvalue weighted by Gasteiger charge is -2.40. The third-order valence-electron chi connectivity index (χ3n) is 14.4. The lowest BCUT2D eigenvalue weighted by molar-refractivity contribution is -0.302. The number of amides is 1. The Morgan fingerprint density at radius 2 is 0.821 bits per heavy atom. The maximum absolute atomic E-state index is 13.0. The lowest BCUT2D eigenvalue weighted by Crippen LogP contribution is -2.60. The molecule has 1 saturated heterocycles. The van der Waals surface area contributed by atoms with Crippen LogP contribution in [0.1, 0.15) is 296 Å². The minimum Gasteiger partial charge on any atom is -0.394 e. The first-order valence-electron chi connectivity index (χ1n) is 29.4. The Bertz CT molecular complexity index is 1060. The summed E-state index contributed by atoms with van der Waals surface area (Å²) in [4.78, 5) is 13.0. The molecule has 0 aromatic carbocycles. The lowest BCUT2D eigenvalue weighted by atomic mass is 9.99. The highest BCUT2D eigenvalue weighted by atomic mass is 16.7. The number of ether oxygens (including phenoxy) is 2. The number of unbranched alkanes of at least 4 members (excludes halogenated alkanes) is 41. The van der Waals surface area contributed by atoms with Crippen LogP contribution in [-0.4, -0.2) is 87.5 Å². The highest BCUT2D eigenvalue weighted by Crippen LogP contribution is 2.23. The molecule has 7 atom stereocenters. The SMILES string of the molecule is CCCCCCCCCCCCCC/C=C/[C@@H](O)[C@H](CO[C@@H]1O[C@H](CO)[C@@H](O)C(O)C1O)NC(=O)CCCCCCCCCCCCCCCCCCCCCCCCCCCCCCCC. The van der Waals surface area contributed by atoms with E-state index in [-0.39, 0.29) is 12.5 Å². The molecule has 0 aliphatic carbocycles. The Balaban J connectivity index is 2.12. The van der Waals surface area contributed by atoms with E-state index < -0.39 is 49.5 Å². The number of aliphatic hydroxyl groups excluding tert-OH is 5. The minimum atomic E-state index is -1.56. The van der Waals surface area contributed by atoms with Gasteiger partial charge in [0.25, 0.3) is 0 Å². The van der Waals surface area contributed by atoms with Crippen molar-refractivity contribution >= 4 is 5.91 Å². The molecule has 0 bridgehead atoms. The Morgan fingerprint density at radius 3 is 1.16 bits per heavy atom. The maximum atomic E-state index is 13.0. The van der Waals surface area contributed by atoms with Crippen molar-refractivity contribution in [1.29, 1.82) is 0 Å². The monoisotopic (exact) mass is 952 g/mol.